The van der Waals surface area contributed by atoms with E-state index in [1.54, 1.807) is 23.9 Å². The number of rotatable bonds is 4. The number of nitro benzene ring substituents is 1. The molecule has 0 saturated carbocycles. The van der Waals surface area contributed by atoms with Gasteiger partial charge in [-0.3, -0.25) is 10.1 Å². The topological polar surface area (TPSA) is 69.2 Å². The van der Waals surface area contributed by atoms with Crippen LogP contribution in [0.4, 0.5) is 11.4 Å². The quantitative estimate of drug-likeness (QED) is 0.306. The number of hydrogen-bond donors (Lipinski definition) is 1. The summed E-state index contributed by atoms with van der Waals surface area (Å²) in [6.07, 6.45) is 1.99. The molecule has 0 aliphatic carbocycles. The van der Waals surface area contributed by atoms with Crippen LogP contribution in [0.25, 0.3) is 22.3 Å². The molecule has 2 N–H and O–H groups in total. The molecule has 3 rings (SSSR count). The molecule has 0 aromatic heterocycles. The van der Waals surface area contributed by atoms with Crippen molar-refractivity contribution in [3.8, 4) is 22.3 Å². The number of nitrogens with zero attached hydrogens (tertiary/aromatic N) is 1. The standard InChI is InChI=1S/C19H16N2O2S/c1-24-15-9-7-14(8-10-15)17-11-18(20)16(12-19(17)21(22)23)13-5-3-2-4-6-13/h2-12H,20H2,1H3. The van der Waals surface area contributed by atoms with Gasteiger partial charge in [-0.25, -0.2) is 0 Å². The first kappa shape index (κ1) is 16.1. The summed E-state index contributed by atoms with van der Waals surface area (Å²) in [4.78, 5) is 12.3. The molecule has 0 saturated heterocycles. The molecule has 0 aliphatic rings. The number of thioether (sulfide) groups is 1. The second-order valence-corrected chi connectivity index (χ2v) is 6.19. The van der Waals surface area contributed by atoms with Crippen molar-refractivity contribution in [3.05, 3.63) is 76.8 Å². The minimum atomic E-state index is -0.357. The van der Waals surface area contributed by atoms with Crippen LogP contribution < -0.4 is 5.73 Å². The first-order chi connectivity index (χ1) is 11.6. The van der Waals surface area contributed by atoms with Gasteiger partial charge in [0.15, 0.2) is 0 Å². The summed E-state index contributed by atoms with van der Waals surface area (Å²) in [7, 11) is 0. The molecule has 0 heterocycles. The van der Waals surface area contributed by atoms with Gasteiger partial charge in [0, 0.05) is 22.2 Å². The SMILES string of the molecule is CSc1ccc(-c2cc(N)c(-c3ccccc3)cc2[N+](=O)[O-])cc1. The van der Waals surface area contributed by atoms with Crippen molar-refractivity contribution >= 4 is 23.1 Å². The molecule has 0 unspecified atom stereocenters. The number of nitrogens with two attached hydrogens (primary N) is 1. The maximum absolute atomic E-state index is 11.6. The highest BCUT2D eigenvalue weighted by atomic mass is 32.2. The first-order valence-corrected chi connectivity index (χ1v) is 8.60. The second kappa shape index (κ2) is 6.76. The number of nitro groups is 1. The summed E-state index contributed by atoms with van der Waals surface area (Å²) in [5.74, 6) is 0. The Balaban J connectivity index is 2.16. The summed E-state index contributed by atoms with van der Waals surface area (Å²) in [5, 5.41) is 11.6. The molecule has 120 valence electrons. The van der Waals surface area contributed by atoms with Gasteiger partial charge in [0.25, 0.3) is 5.69 Å². The molecule has 0 spiro atoms. The molecular weight excluding hydrogens is 320 g/mol. The van der Waals surface area contributed by atoms with Crippen LogP contribution in [0, 0.1) is 10.1 Å². The van der Waals surface area contributed by atoms with Crippen LogP contribution in [0.3, 0.4) is 0 Å². The molecule has 4 nitrogen and oxygen atoms in total. The van der Waals surface area contributed by atoms with Crippen molar-refractivity contribution in [3.63, 3.8) is 0 Å². The van der Waals surface area contributed by atoms with Gasteiger partial charge in [0.2, 0.25) is 0 Å². The number of nitrogen functional groups attached to an aromatic ring is 1. The molecule has 0 radical (unpaired) electrons. The Labute approximate surface area is 144 Å². The van der Waals surface area contributed by atoms with Crippen LogP contribution in [0.15, 0.2) is 71.6 Å². The zero-order valence-corrected chi connectivity index (χ0v) is 13.9. The van der Waals surface area contributed by atoms with E-state index in [9.17, 15) is 10.1 Å². The lowest BCUT2D eigenvalue weighted by Gasteiger charge is -2.10. The van der Waals surface area contributed by atoms with Gasteiger partial charge < -0.3 is 5.73 Å². The third-order valence-electron chi connectivity index (χ3n) is 3.85. The molecule has 0 aliphatic heterocycles. The van der Waals surface area contributed by atoms with Crippen LogP contribution in [0.5, 0.6) is 0 Å². The van der Waals surface area contributed by atoms with E-state index in [-0.39, 0.29) is 10.6 Å². The zero-order chi connectivity index (χ0) is 17.1. The van der Waals surface area contributed by atoms with Gasteiger partial charge in [0.1, 0.15) is 0 Å². The third kappa shape index (κ3) is 3.12. The lowest BCUT2D eigenvalue weighted by atomic mass is 9.96. The summed E-state index contributed by atoms with van der Waals surface area (Å²) >= 11 is 1.63. The van der Waals surface area contributed by atoms with E-state index in [0.717, 1.165) is 16.0 Å². The van der Waals surface area contributed by atoms with Gasteiger partial charge in [-0.1, -0.05) is 42.5 Å². The summed E-state index contributed by atoms with van der Waals surface area (Å²) in [6.45, 7) is 0. The fraction of sp³-hybridized carbons (Fsp3) is 0.0526. The van der Waals surface area contributed by atoms with Crippen LogP contribution >= 0.6 is 11.8 Å². The highest BCUT2D eigenvalue weighted by Crippen LogP contribution is 2.38. The lowest BCUT2D eigenvalue weighted by Crippen LogP contribution is -1.97. The van der Waals surface area contributed by atoms with E-state index in [1.165, 1.54) is 0 Å². The minimum Gasteiger partial charge on any atom is -0.398 e. The van der Waals surface area contributed by atoms with Crippen molar-refractivity contribution in [1.29, 1.82) is 0 Å². The third-order valence-corrected chi connectivity index (χ3v) is 4.59. The fourth-order valence-corrected chi connectivity index (χ4v) is 3.03. The summed E-state index contributed by atoms with van der Waals surface area (Å²) < 4.78 is 0. The maximum Gasteiger partial charge on any atom is 0.277 e. The zero-order valence-electron chi connectivity index (χ0n) is 13.1. The Hall–Kier alpha value is -2.79. The Kier molecular flexibility index (Phi) is 4.53. The monoisotopic (exact) mass is 336 g/mol. The van der Waals surface area contributed by atoms with Crippen LogP contribution in [0.1, 0.15) is 0 Å². The molecule has 3 aromatic carbocycles. The van der Waals surface area contributed by atoms with E-state index >= 15 is 0 Å². The van der Waals surface area contributed by atoms with Gasteiger partial charge >= 0.3 is 0 Å². The van der Waals surface area contributed by atoms with Crippen molar-refractivity contribution in [2.24, 2.45) is 0 Å². The highest BCUT2D eigenvalue weighted by Gasteiger charge is 2.19. The average Bonchev–Trinajstić information content (AvgIpc) is 2.62. The Bertz CT molecular complexity index is 878. The smallest absolute Gasteiger partial charge is 0.277 e. The van der Waals surface area contributed by atoms with Crippen molar-refractivity contribution in [1.82, 2.24) is 0 Å². The van der Waals surface area contributed by atoms with Crippen molar-refractivity contribution < 1.29 is 4.92 Å². The van der Waals surface area contributed by atoms with Gasteiger partial charge in [-0.05, 0) is 35.6 Å². The lowest BCUT2D eigenvalue weighted by molar-refractivity contribution is -0.384. The molecular formula is C19H16N2O2S. The largest absolute Gasteiger partial charge is 0.398 e. The predicted octanol–water partition coefficient (Wildman–Crippen LogP) is 5.23. The van der Waals surface area contributed by atoms with E-state index in [0.29, 0.717) is 16.8 Å². The van der Waals surface area contributed by atoms with Crippen LogP contribution in [-0.4, -0.2) is 11.2 Å². The second-order valence-electron chi connectivity index (χ2n) is 5.31. The Morgan fingerprint density at radius 2 is 1.54 bits per heavy atom. The van der Waals surface area contributed by atoms with E-state index in [2.05, 4.69) is 0 Å². The normalized spacial score (nSPS) is 10.5. The van der Waals surface area contributed by atoms with E-state index in [1.807, 2.05) is 60.9 Å². The first-order valence-electron chi connectivity index (χ1n) is 7.38. The molecule has 0 atom stereocenters. The van der Waals surface area contributed by atoms with Gasteiger partial charge in [-0.2, -0.15) is 0 Å². The van der Waals surface area contributed by atoms with Gasteiger partial charge in [-0.15, -0.1) is 11.8 Å². The summed E-state index contributed by atoms with van der Waals surface area (Å²) in [5.41, 5.74) is 9.62. The van der Waals surface area contributed by atoms with Crippen molar-refractivity contribution in [2.45, 2.75) is 4.90 Å². The molecule has 0 fully saturated rings. The summed E-state index contributed by atoms with van der Waals surface area (Å²) in [6, 6.07) is 20.4. The number of benzene rings is 3. The Morgan fingerprint density at radius 1 is 0.917 bits per heavy atom. The van der Waals surface area contributed by atoms with Gasteiger partial charge in [0.05, 0.1) is 10.5 Å². The maximum atomic E-state index is 11.6. The minimum absolute atomic E-state index is 0.0555. The van der Waals surface area contributed by atoms with Crippen LogP contribution in [0.2, 0.25) is 0 Å². The van der Waals surface area contributed by atoms with Crippen molar-refractivity contribution in [2.75, 3.05) is 12.0 Å². The fourth-order valence-electron chi connectivity index (χ4n) is 2.63. The van der Waals surface area contributed by atoms with E-state index < -0.39 is 0 Å². The van der Waals surface area contributed by atoms with Crippen LogP contribution in [-0.2, 0) is 0 Å². The Morgan fingerprint density at radius 3 is 2.12 bits per heavy atom. The molecule has 5 heteroatoms. The van der Waals surface area contributed by atoms with E-state index in [4.69, 9.17) is 5.73 Å². The average molecular weight is 336 g/mol. The number of hydrogen-bond acceptors (Lipinski definition) is 4. The predicted molar refractivity (Wildman–Crippen MR) is 100 cm³/mol. The highest BCUT2D eigenvalue weighted by molar-refractivity contribution is 7.98. The number of anilines is 1. The molecule has 3 aromatic rings. The molecule has 0 bridgehead atoms. The molecule has 0 amide bonds. The molecule has 24 heavy (non-hydrogen) atoms.